The van der Waals surface area contributed by atoms with E-state index < -0.39 is 0 Å². The highest BCUT2D eigenvalue weighted by Gasteiger charge is 2.30. The van der Waals surface area contributed by atoms with Crippen molar-refractivity contribution in [1.29, 1.82) is 0 Å². The number of nitrogens with zero attached hydrogens (tertiary/aromatic N) is 3. The van der Waals surface area contributed by atoms with Crippen LogP contribution in [0.3, 0.4) is 0 Å². The summed E-state index contributed by atoms with van der Waals surface area (Å²) in [6, 6.07) is 1.79. The molecule has 18 heavy (non-hydrogen) atoms. The number of amides is 1. The molecular formula is C12H20N4O2. The molecule has 1 amide bonds. The minimum Gasteiger partial charge on any atom is -0.481 e. The first-order valence-corrected chi connectivity index (χ1v) is 6.15. The standard InChI is InChI=1S/C12H20N4O2/c1-8(13)9-4-5-16(7-9)12(17)10-6-11(18-3)15(2)14-10/h6,8-9H,4-5,7,13H2,1-3H3. The number of likely N-dealkylation sites (tertiary alicyclic amines) is 1. The molecule has 2 atom stereocenters. The van der Waals surface area contributed by atoms with E-state index in [1.807, 2.05) is 11.8 Å². The fraction of sp³-hybridized carbons (Fsp3) is 0.667. The Morgan fingerprint density at radius 2 is 2.39 bits per heavy atom. The van der Waals surface area contributed by atoms with Crippen LogP contribution in [0.4, 0.5) is 0 Å². The number of carbonyl (C=O) groups excluding carboxylic acids is 1. The molecule has 2 rings (SSSR count). The zero-order valence-electron chi connectivity index (χ0n) is 11.1. The van der Waals surface area contributed by atoms with Gasteiger partial charge in [0.1, 0.15) is 0 Å². The fourth-order valence-corrected chi connectivity index (χ4v) is 2.31. The van der Waals surface area contributed by atoms with Gasteiger partial charge in [0, 0.05) is 32.2 Å². The van der Waals surface area contributed by atoms with E-state index in [4.69, 9.17) is 10.5 Å². The molecule has 1 fully saturated rings. The van der Waals surface area contributed by atoms with Crippen LogP contribution in [0.5, 0.6) is 5.88 Å². The second kappa shape index (κ2) is 4.97. The summed E-state index contributed by atoms with van der Waals surface area (Å²) < 4.78 is 6.67. The summed E-state index contributed by atoms with van der Waals surface area (Å²) in [5.41, 5.74) is 6.30. The summed E-state index contributed by atoms with van der Waals surface area (Å²) in [5.74, 6) is 0.929. The Morgan fingerprint density at radius 3 is 2.89 bits per heavy atom. The summed E-state index contributed by atoms with van der Waals surface area (Å²) in [5, 5.41) is 4.17. The van der Waals surface area contributed by atoms with E-state index in [1.165, 1.54) is 0 Å². The van der Waals surface area contributed by atoms with E-state index in [2.05, 4.69) is 5.10 Å². The molecule has 2 N–H and O–H groups in total. The molecule has 1 saturated heterocycles. The third kappa shape index (κ3) is 2.33. The molecule has 6 heteroatoms. The van der Waals surface area contributed by atoms with E-state index in [0.717, 1.165) is 19.5 Å². The van der Waals surface area contributed by atoms with Gasteiger partial charge in [0.05, 0.1) is 7.11 Å². The molecule has 100 valence electrons. The van der Waals surface area contributed by atoms with Gasteiger partial charge in [-0.15, -0.1) is 0 Å². The summed E-state index contributed by atoms with van der Waals surface area (Å²) in [7, 11) is 3.32. The summed E-state index contributed by atoms with van der Waals surface area (Å²) in [4.78, 5) is 14.1. The Hall–Kier alpha value is -1.56. The highest BCUT2D eigenvalue weighted by molar-refractivity contribution is 5.92. The number of rotatable bonds is 3. The predicted octanol–water partition coefficient (Wildman–Crippen LogP) is 0.238. The summed E-state index contributed by atoms with van der Waals surface area (Å²) in [6.07, 6.45) is 0.966. The van der Waals surface area contributed by atoms with Gasteiger partial charge >= 0.3 is 0 Å². The Balaban J connectivity index is 2.08. The lowest BCUT2D eigenvalue weighted by Gasteiger charge is -2.16. The first-order chi connectivity index (χ1) is 8.52. The van der Waals surface area contributed by atoms with Gasteiger partial charge in [-0.05, 0) is 19.3 Å². The third-order valence-electron chi connectivity index (χ3n) is 3.52. The largest absolute Gasteiger partial charge is 0.481 e. The molecule has 6 nitrogen and oxygen atoms in total. The second-order valence-electron chi connectivity index (χ2n) is 4.85. The lowest BCUT2D eigenvalue weighted by atomic mass is 10.0. The lowest BCUT2D eigenvalue weighted by Crippen LogP contribution is -2.33. The van der Waals surface area contributed by atoms with Gasteiger partial charge in [-0.1, -0.05) is 0 Å². The van der Waals surface area contributed by atoms with Gasteiger partial charge in [-0.2, -0.15) is 5.10 Å². The van der Waals surface area contributed by atoms with Crippen molar-refractivity contribution < 1.29 is 9.53 Å². The molecule has 2 heterocycles. The van der Waals surface area contributed by atoms with Gasteiger partial charge in [0.15, 0.2) is 5.69 Å². The number of aryl methyl sites for hydroxylation is 1. The van der Waals surface area contributed by atoms with E-state index in [9.17, 15) is 4.79 Å². The van der Waals surface area contributed by atoms with Crippen LogP contribution in [0.15, 0.2) is 6.07 Å². The Kier molecular flexibility index (Phi) is 3.56. The van der Waals surface area contributed by atoms with Crippen molar-refractivity contribution in [3.05, 3.63) is 11.8 Å². The molecule has 1 aromatic rings. The number of hydrogen-bond acceptors (Lipinski definition) is 4. The maximum absolute atomic E-state index is 12.3. The van der Waals surface area contributed by atoms with Crippen molar-refractivity contribution >= 4 is 5.91 Å². The Bertz CT molecular complexity index is 441. The van der Waals surface area contributed by atoms with Crippen molar-refractivity contribution in [3.63, 3.8) is 0 Å². The van der Waals surface area contributed by atoms with Crippen LogP contribution >= 0.6 is 0 Å². The molecule has 0 spiro atoms. The quantitative estimate of drug-likeness (QED) is 0.836. The Morgan fingerprint density at radius 1 is 1.67 bits per heavy atom. The fourth-order valence-electron chi connectivity index (χ4n) is 2.31. The van der Waals surface area contributed by atoms with Crippen molar-refractivity contribution in [3.8, 4) is 5.88 Å². The van der Waals surface area contributed by atoms with Crippen molar-refractivity contribution in [2.75, 3.05) is 20.2 Å². The first-order valence-electron chi connectivity index (χ1n) is 6.15. The van der Waals surface area contributed by atoms with Crippen LogP contribution in [0.1, 0.15) is 23.8 Å². The Labute approximate surface area is 107 Å². The average Bonchev–Trinajstić information content (AvgIpc) is 2.94. The molecule has 0 radical (unpaired) electrons. The van der Waals surface area contributed by atoms with Crippen LogP contribution in [-0.2, 0) is 7.05 Å². The zero-order chi connectivity index (χ0) is 13.3. The highest BCUT2D eigenvalue weighted by Crippen LogP contribution is 2.21. The summed E-state index contributed by atoms with van der Waals surface area (Å²) >= 11 is 0. The van der Waals surface area contributed by atoms with Crippen molar-refractivity contribution in [2.24, 2.45) is 18.7 Å². The highest BCUT2D eigenvalue weighted by atomic mass is 16.5. The van der Waals surface area contributed by atoms with Gasteiger partial charge in [-0.3, -0.25) is 4.79 Å². The third-order valence-corrected chi connectivity index (χ3v) is 3.52. The number of hydrogen-bond donors (Lipinski definition) is 1. The van der Waals surface area contributed by atoms with Crippen LogP contribution in [0.25, 0.3) is 0 Å². The molecule has 0 aliphatic carbocycles. The molecule has 0 bridgehead atoms. The second-order valence-corrected chi connectivity index (χ2v) is 4.85. The number of methoxy groups -OCH3 is 1. The maximum Gasteiger partial charge on any atom is 0.274 e. The molecular weight excluding hydrogens is 232 g/mol. The SMILES string of the molecule is COc1cc(C(=O)N2CCC(C(C)N)C2)nn1C. The van der Waals surface area contributed by atoms with E-state index >= 15 is 0 Å². The number of ether oxygens (including phenoxy) is 1. The maximum atomic E-state index is 12.3. The van der Waals surface area contributed by atoms with Crippen LogP contribution in [0.2, 0.25) is 0 Å². The number of nitrogens with two attached hydrogens (primary N) is 1. The molecule has 2 unspecified atom stereocenters. The van der Waals surface area contributed by atoms with E-state index in [1.54, 1.807) is 24.9 Å². The zero-order valence-corrected chi connectivity index (χ0v) is 11.1. The predicted molar refractivity (Wildman–Crippen MR) is 67.4 cm³/mol. The van der Waals surface area contributed by atoms with Gasteiger partial charge < -0.3 is 15.4 Å². The van der Waals surface area contributed by atoms with Gasteiger partial charge in [0.2, 0.25) is 5.88 Å². The smallest absolute Gasteiger partial charge is 0.274 e. The van der Waals surface area contributed by atoms with Crippen LogP contribution in [-0.4, -0.2) is 46.8 Å². The van der Waals surface area contributed by atoms with Crippen molar-refractivity contribution in [1.82, 2.24) is 14.7 Å². The number of aromatic nitrogens is 2. The molecule has 0 saturated carbocycles. The minimum atomic E-state index is -0.0444. The summed E-state index contributed by atoms with van der Waals surface area (Å²) in [6.45, 7) is 3.46. The van der Waals surface area contributed by atoms with Crippen molar-refractivity contribution in [2.45, 2.75) is 19.4 Å². The first kappa shape index (κ1) is 12.9. The minimum absolute atomic E-state index is 0.0444. The van der Waals surface area contributed by atoms with Gasteiger partial charge in [-0.25, -0.2) is 4.68 Å². The van der Waals surface area contributed by atoms with E-state index in [0.29, 0.717) is 17.5 Å². The van der Waals surface area contributed by atoms with Gasteiger partial charge in [0.25, 0.3) is 5.91 Å². The molecule has 1 aliphatic heterocycles. The average molecular weight is 252 g/mol. The molecule has 1 aromatic heterocycles. The number of carbonyl (C=O) groups is 1. The topological polar surface area (TPSA) is 73.4 Å². The molecule has 0 aromatic carbocycles. The van der Waals surface area contributed by atoms with Crippen LogP contribution in [0, 0.1) is 5.92 Å². The molecule has 1 aliphatic rings. The normalized spacial score (nSPS) is 21.1. The lowest BCUT2D eigenvalue weighted by molar-refractivity contribution is 0.0779. The van der Waals surface area contributed by atoms with E-state index in [-0.39, 0.29) is 11.9 Å². The monoisotopic (exact) mass is 252 g/mol. The van der Waals surface area contributed by atoms with Crippen LogP contribution < -0.4 is 10.5 Å².